The van der Waals surface area contributed by atoms with Crippen LogP contribution in [0.1, 0.15) is 0 Å². The number of alkyl halides is 17. The molecule has 3 nitrogen and oxygen atoms in total. The first-order valence-electron chi connectivity index (χ1n) is 5.67. The van der Waals surface area contributed by atoms with E-state index in [4.69, 9.17) is 0 Å². The fourth-order valence-corrected chi connectivity index (χ4v) is 1.56. The van der Waals surface area contributed by atoms with E-state index >= 15 is 0 Å². The van der Waals surface area contributed by atoms with Gasteiger partial charge in [-0.15, -0.1) is 0 Å². The Kier molecular flexibility index (Phi) is 8.77. The van der Waals surface area contributed by atoms with Crippen LogP contribution in [0.15, 0.2) is 0 Å². The van der Waals surface area contributed by atoms with E-state index < -0.39 is 58.8 Å². The van der Waals surface area contributed by atoms with E-state index in [9.17, 15) is 83.1 Å². The number of rotatable bonds is 8. The first kappa shape index (κ1) is 31.9. The molecule has 0 aromatic carbocycles. The number of hydrogen-bond acceptors (Lipinski definition) is 4. The Morgan fingerprint density at radius 3 is 0.900 bits per heavy atom. The SMILES string of the molecule is O=[S-](=O)OC(F)(F)C(F)(F)C(F)(F)C(F)(F)C(F)(F)C(F)(F)C(F)(F)C(F)(F)F.[Na+]. The van der Waals surface area contributed by atoms with Crippen molar-refractivity contribution >= 4 is 11.0 Å². The van der Waals surface area contributed by atoms with Gasteiger partial charge in [0.05, 0.1) is 11.0 Å². The molecule has 0 aliphatic carbocycles. The van der Waals surface area contributed by atoms with Crippen molar-refractivity contribution in [3.63, 3.8) is 0 Å². The van der Waals surface area contributed by atoms with E-state index in [1.807, 2.05) is 0 Å². The average Bonchev–Trinajstić information content (AvgIpc) is 2.43. The van der Waals surface area contributed by atoms with Gasteiger partial charge in [-0.1, -0.05) is 0 Å². The van der Waals surface area contributed by atoms with Crippen LogP contribution in [0.4, 0.5) is 74.6 Å². The summed E-state index contributed by atoms with van der Waals surface area (Å²) >= 11 is 0. The first-order valence-corrected chi connectivity index (χ1v) is 6.67. The molecule has 0 radical (unpaired) electrons. The Balaban J connectivity index is 0. The van der Waals surface area contributed by atoms with Gasteiger partial charge in [0.2, 0.25) is 0 Å². The first-order chi connectivity index (χ1) is 12.2. The monoisotopic (exact) mass is 522 g/mol. The van der Waals surface area contributed by atoms with Gasteiger partial charge < -0.3 is 12.6 Å². The predicted octanol–water partition coefficient (Wildman–Crippen LogP) is 2.20. The third-order valence-electron chi connectivity index (χ3n) is 2.87. The molecule has 0 atom stereocenters. The van der Waals surface area contributed by atoms with Crippen molar-refractivity contribution in [2.45, 2.75) is 47.8 Å². The van der Waals surface area contributed by atoms with Gasteiger partial charge in [-0.25, -0.2) is 0 Å². The molecule has 0 N–H and O–H groups in total. The van der Waals surface area contributed by atoms with Crippen LogP contribution < -0.4 is 29.6 Å². The van der Waals surface area contributed by atoms with Crippen LogP contribution in [-0.4, -0.2) is 47.8 Å². The summed E-state index contributed by atoms with van der Waals surface area (Å²) in [4.78, 5) is 0. The molecule has 0 saturated heterocycles. The molecular formula is C8F17NaO3S. The summed E-state index contributed by atoms with van der Waals surface area (Å²) in [6.45, 7) is 0. The molecule has 0 aromatic rings. The van der Waals surface area contributed by atoms with Crippen LogP contribution in [0.5, 0.6) is 0 Å². The van der Waals surface area contributed by atoms with Crippen molar-refractivity contribution in [2.24, 2.45) is 0 Å². The molecular weight excluding hydrogens is 522 g/mol. The molecule has 0 spiro atoms. The Hall–Kier alpha value is -0.280. The summed E-state index contributed by atoms with van der Waals surface area (Å²) in [5.41, 5.74) is 0. The molecule has 0 amide bonds. The molecule has 0 unspecified atom stereocenters. The van der Waals surface area contributed by atoms with Crippen molar-refractivity contribution in [2.75, 3.05) is 0 Å². The van der Waals surface area contributed by atoms with E-state index in [1.54, 1.807) is 4.18 Å². The van der Waals surface area contributed by atoms with Crippen molar-refractivity contribution in [1.29, 1.82) is 0 Å². The van der Waals surface area contributed by atoms with E-state index in [2.05, 4.69) is 0 Å². The van der Waals surface area contributed by atoms with Crippen LogP contribution in [0, 0.1) is 0 Å². The summed E-state index contributed by atoms with van der Waals surface area (Å²) < 4.78 is 236. The zero-order valence-corrected chi connectivity index (χ0v) is 15.9. The van der Waals surface area contributed by atoms with E-state index in [0.29, 0.717) is 0 Å². The van der Waals surface area contributed by atoms with Crippen LogP contribution in [0.2, 0.25) is 0 Å². The Morgan fingerprint density at radius 1 is 0.433 bits per heavy atom. The van der Waals surface area contributed by atoms with Gasteiger partial charge >= 0.3 is 77.4 Å². The second kappa shape index (κ2) is 8.25. The minimum atomic E-state index is -8.78. The Bertz CT molecular complexity index is 688. The van der Waals surface area contributed by atoms with Crippen molar-refractivity contribution < 1.29 is 117 Å². The maximum absolute atomic E-state index is 13.1. The maximum atomic E-state index is 13.1. The molecule has 0 aromatic heterocycles. The fourth-order valence-electron chi connectivity index (χ4n) is 1.29. The molecule has 0 bridgehead atoms. The van der Waals surface area contributed by atoms with Crippen LogP contribution in [-0.2, 0) is 23.6 Å². The van der Waals surface area contributed by atoms with Crippen LogP contribution in [0.25, 0.3) is 0 Å². The summed E-state index contributed by atoms with van der Waals surface area (Å²) in [6, 6.07) is 0. The fraction of sp³-hybridized carbons (Fsp3) is 1.00. The average molecular weight is 522 g/mol. The third kappa shape index (κ3) is 4.32. The number of halogens is 17. The molecule has 176 valence electrons. The topological polar surface area (TPSA) is 43.4 Å². The third-order valence-corrected chi connectivity index (χ3v) is 3.21. The summed E-state index contributed by atoms with van der Waals surface area (Å²) in [5.74, 6) is -51.2. The van der Waals surface area contributed by atoms with E-state index in [1.165, 1.54) is 0 Å². The van der Waals surface area contributed by atoms with Crippen molar-refractivity contribution in [3.8, 4) is 0 Å². The molecule has 22 heteroatoms. The zero-order valence-electron chi connectivity index (χ0n) is 13.1. The normalized spacial score (nSPS) is 15.9. The van der Waals surface area contributed by atoms with Gasteiger partial charge in [0.25, 0.3) is 0 Å². The van der Waals surface area contributed by atoms with Gasteiger partial charge in [-0.05, 0) is 0 Å². The molecule has 0 aliphatic heterocycles. The molecule has 0 aliphatic rings. The largest absolute Gasteiger partial charge is 1.00 e. The zero-order chi connectivity index (χ0) is 24.3. The second-order valence-electron chi connectivity index (χ2n) is 4.75. The van der Waals surface area contributed by atoms with Crippen LogP contribution in [0.3, 0.4) is 0 Å². The predicted molar refractivity (Wildman–Crippen MR) is 50.5 cm³/mol. The van der Waals surface area contributed by atoms with Gasteiger partial charge in [-0.3, -0.25) is 0 Å². The van der Waals surface area contributed by atoms with Crippen molar-refractivity contribution in [1.82, 2.24) is 0 Å². The molecule has 0 saturated carbocycles. The molecule has 0 fully saturated rings. The van der Waals surface area contributed by atoms with Gasteiger partial charge in [0, 0.05) is 0 Å². The van der Waals surface area contributed by atoms with Crippen molar-refractivity contribution in [3.05, 3.63) is 0 Å². The summed E-state index contributed by atoms with van der Waals surface area (Å²) in [6.07, 6.45) is -15.2. The molecule has 0 heterocycles. The van der Waals surface area contributed by atoms with Gasteiger partial charge in [-0.2, -0.15) is 74.6 Å². The Morgan fingerprint density at radius 2 is 0.667 bits per heavy atom. The number of hydrogen-bond donors (Lipinski definition) is 0. The summed E-state index contributed by atoms with van der Waals surface area (Å²) in [5, 5.41) is 0. The quantitative estimate of drug-likeness (QED) is 0.279. The van der Waals surface area contributed by atoms with Gasteiger partial charge in [0.1, 0.15) is 0 Å². The molecule has 30 heavy (non-hydrogen) atoms. The Labute approximate surface area is 176 Å². The van der Waals surface area contributed by atoms with Crippen LogP contribution >= 0.6 is 0 Å². The van der Waals surface area contributed by atoms with E-state index in [-0.39, 0.29) is 29.6 Å². The van der Waals surface area contributed by atoms with Gasteiger partial charge in [0.15, 0.2) is 0 Å². The molecule has 0 rings (SSSR count). The smallest absolute Gasteiger partial charge is 0.397 e. The standard InChI is InChI=1S/C8F17O3S.Na/c9-1(10,3(13,14)5(17,18)7(21,22)23)2(11,12)4(15,16)6(19,20)8(24,25)28-29(26)27;/q-1;+1. The minimum Gasteiger partial charge on any atom is -0.397 e. The summed E-state index contributed by atoms with van der Waals surface area (Å²) in [7, 11) is -4.97. The maximum Gasteiger partial charge on any atom is 1.00 e. The van der Waals surface area contributed by atoms with E-state index in [0.717, 1.165) is 0 Å². The minimum absolute atomic E-state index is 0. The second-order valence-corrected chi connectivity index (χ2v) is 5.32.